The zero-order valence-corrected chi connectivity index (χ0v) is 10.6. The van der Waals surface area contributed by atoms with E-state index < -0.39 is 0 Å². The van der Waals surface area contributed by atoms with Crippen LogP contribution in [0.25, 0.3) is 0 Å². The molecule has 5 heteroatoms. The molecule has 1 N–H and O–H groups in total. The number of ether oxygens (including phenoxy) is 1. The van der Waals surface area contributed by atoms with Crippen LogP contribution in [0.5, 0.6) is 0 Å². The lowest BCUT2D eigenvalue weighted by molar-refractivity contribution is -0.384. The van der Waals surface area contributed by atoms with Crippen molar-refractivity contribution in [2.75, 3.05) is 19.0 Å². The lowest BCUT2D eigenvalue weighted by atomic mass is 10.1. The molecule has 0 saturated carbocycles. The van der Waals surface area contributed by atoms with Gasteiger partial charge in [-0.25, -0.2) is 0 Å². The molecule has 0 amide bonds. The first-order chi connectivity index (χ1) is 7.84. The van der Waals surface area contributed by atoms with E-state index in [1.807, 2.05) is 26.8 Å². The summed E-state index contributed by atoms with van der Waals surface area (Å²) < 4.78 is 5.09. The number of nitrogens with one attached hydrogen (secondary N) is 1. The van der Waals surface area contributed by atoms with Gasteiger partial charge in [-0.05, 0) is 32.4 Å². The van der Waals surface area contributed by atoms with Crippen molar-refractivity contribution in [3.05, 3.63) is 33.9 Å². The van der Waals surface area contributed by atoms with Crippen molar-refractivity contribution in [3.63, 3.8) is 0 Å². The van der Waals surface area contributed by atoms with Crippen molar-refractivity contribution in [3.8, 4) is 0 Å². The van der Waals surface area contributed by atoms with Crippen molar-refractivity contribution in [1.82, 2.24) is 0 Å². The van der Waals surface area contributed by atoms with Crippen LogP contribution in [0.4, 0.5) is 11.4 Å². The van der Waals surface area contributed by atoms with Crippen molar-refractivity contribution in [2.24, 2.45) is 0 Å². The maximum Gasteiger partial charge on any atom is 0.271 e. The first-order valence-corrected chi connectivity index (χ1v) is 5.37. The second-order valence-corrected chi connectivity index (χ2v) is 4.76. The van der Waals surface area contributed by atoms with E-state index in [2.05, 4.69) is 5.32 Å². The molecule has 0 aliphatic carbocycles. The number of nitro benzene ring substituents is 1. The van der Waals surface area contributed by atoms with Gasteiger partial charge >= 0.3 is 0 Å². The molecule has 0 saturated heterocycles. The van der Waals surface area contributed by atoms with E-state index in [1.54, 1.807) is 13.2 Å². The third-order valence-corrected chi connectivity index (χ3v) is 2.26. The van der Waals surface area contributed by atoms with Crippen molar-refractivity contribution in [1.29, 1.82) is 0 Å². The Morgan fingerprint density at radius 3 is 2.59 bits per heavy atom. The fraction of sp³-hybridized carbons (Fsp3) is 0.500. The first-order valence-electron chi connectivity index (χ1n) is 5.37. The number of methoxy groups -OCH3 is 1. The molecule has 5 nitrogen and oxygen atoms in total. The summed E-state index contributed by atoms with van der Waals surface area (Å²) in [5.41, 5.74) is 1.42. The summed E-state index contributed by atoms with van der Waals surface area (Å²) in [6.07, 6.45) is 0. The zero-order valence-electron chi connectivity index (χ0n) is 10.6. The fourth-order valence-electron chi connectivity index (χ4n) is 1.73. The van der Waals surface area contributed by atoms with Crippen LogP contribution in [-0.4, -0.2) is 24.2 Å². The number of nitrogens with zero attached hydrogens (tertiary/aromatic N) is 1. The Balaban J connectivity index is 2.95. The molecule has 17 heavy (non-hydrogen) atoms. The van der Waals surface area contributed by atoms with Gasteiger partial charge in [0, 0.05) is 24.9 Å². The van der Waals surface area contributed by atoms with Crippen molar-refractivity contribution >= 4 is 11.4 Å². The van der Waals surface area contributed by atoms with Crippen LogP contribution >= 0.6 is 0 Å². The number of anilines is 1. The summed E-state index contributed by atoms with van der Waals surface area (Å²) in [6.45, 7) is 6.31. The Kier molecular flexibility index (Phi) is 4.07. The molecule has 0 aliphatic heterocycles. The molecule has 0 spiro atoms. The van der Waals surface area contributed by atoms with Crippen LogP contribution in [0, 0.1) is 17.0 Å². The van der Waals surface area contributed by atoms with Gasteiger partial charge in [-0.2, -0.15) is 0 Å². The lowest BCUT2D eigenvalue weighted by Crippen LogP contribution is -2.35. The van der Waals surface area contributed by atoms with E-state index in [-0.39, 0.29) is 16.1 Å². The second-order valence-electron chi connectivity index (χ2n) is 4.76. The van der Waals surface area contributed by atoms with Crippen LogP contribution < -0.4 is 5.32 Å². The number of hydrogen-bond donors (Lipinski definition) is 1. The summed E-state index contributed by atoms with van der Waals surface area (Å²) in [5.74, 6) is 0. The molecule has 1 aromatic carbocycles. The molecule has 0 unspecified atom stereocenters. The van der Waals surface area contributed by atoms with Gasteiger partial charge in [-0.1, -0.05) is 0 Å². The average molecular weight is 238 g/mol. The highest BCUT2D eigenvalue weighted by molar-refractivity contribution is 5.55. The largest absolute Gasteiger partial charge is 0.382 e. The smallest absolute Gasteiger partial charge is 0.271 e. The molecular formula is C12H18N2O3. The quantitative estimate of drug-likeness (QED) is 0.632. The summed E-state index contributed by atoms with van der Waals surface area (Å²) >= 11 is 0. The highest BCUT2D eigenvalue weighted by atomic mass is 16.6. The SMILES string of the molecule is COCC(C)(C)Nc1cc(C)cc([N+](=O)[O-])c1. The Morgan fingerprint density at radius 1 is 1.41 bits per heavy atom. The molecule has 0 aromatic heterocycles. The Morgan fingerprint density at radius 2 is 2.06 bits per heavy atom. The number of rotatable bonds is 5. The molecule has 0 fully saturated rings. The molecule has 0 heterocycles. The van der Waals surface area contributed by atoms with Crippen molar-refractivity contribution in [2.45, 2.75) is 26.3 Å². The van der Waals surface area contributed by atoms with Crippen LogP contribution in [0.1, 0.15) is 19.4 Å². The minimum atomic E-state index is -0.387. The summed E-state index contributed by atoms with van der Waals surface area (Å²) in [7, 11) is 1.63. The van der Waals surface area contributed by atoms with Gasteiger partial charge in [0.15, 0.2) is 0 Å². The minimum Gasteiger partial charge on any atom is -0.382 e. The third-order valence-electron chi connectivity index (χ3n) is 2.26. The summed E-state index contributed by atoms with van der Waals surface area (Å²) in [5, 5.41) is 14.0. The highest BCUT2D eigenvalue weighted by Crippen LogP contribution is 2.23. The number of non-ortho nitro benzene ring substituents is 1. The Hall–Kier alpha value is -1.62. The zero-order chi connectivity index (χ0) is 13.1. The van der Waals surface area contributed by atoms with E-state index >= 15 is 0 Å². The van der Waals surface area contributed by atoms with E-state index in [1.165, 1.54) is 6.07 Å². The van der Waals surface area contributed by atoms with Crippen molar-refractivity contribution < 1.29 is 9.66 Å². The van der Waals surface area contributed by atoms with Crippen LogP contribution in [0.3, 0.4) is 0 Å². The molecule has 1 rings (SSSR count). The molecule has 0 atom stereocenters. The monoisotopic (exact) mass is 238 g/mol. The number of hydrogen-bond acceptors (Lipinski definition) is 4. The maximum absolute atomic E-state index is 10.7. The van der Waals surface area contributed by atoms with Gasteiger partial charge in [-0.3, -0.25) is 10.1 Å². The minimum absolute atomic E-state index is 0.0979. The first kappa shape index (κ1) is 13.4. The predicted octanol–water partition coefficient (Wildman–Crippen LogP) is 2.74. The molecule has 94 valence electrons. The number of aryl methyl sites for hydroxylation is 1. The van der Waals surface area contributed by atoms with Gasteiger partial charge in [0.05, 0.1) is 17.1 Å². The fourth-order valence-corrected chi connectivity index (χ4v) is 1.73. The molecule has 0 bridgehead atoms. The molecular weight excluding hydrogens is 220 g/mol. The maximum atomic E-state index is 10.7. The molecule has 0 aliphatic rings. The molecule has 1 aromatic rings. The van der Waals surface area contributed by atoms with E-state index in [9.17, 15) is 10.1 Å². The Labute approximate surface area is 101 Å². The normalized spacial score (nSPS) is 11.3. The number of benzene rings is 1. The summed E-state index contributed by atoms with van der Waals surface area (Å²) in [6, 6.07) is 4.96. The standard InChI is InChI=1S/C12H18N2O3/c1-9-5-10(7-11(6-9)14(15)16)13-12(2,3)8-17-4/h5-7,13H,8H2,1-4H3. The van der Waals surface area contributed by atoms with E-state index in [0.29, 0.717) is 6.61 Å². The van der Waals surface area contributed by atoms with Gasteiger partial charge in [0.25, 0.3) is 5.69 Å². The summed E-state index contributed by atoms with van der Waals surface area (Å²) in [4.78, 5) is 10.4. The number of nitro groups is 1. The average Bonchev–Trinajstić information content (AvgIpc) is 2.15. The highest BCUT2D eigenvalue weighted by Gasteiger charge is 2.18. The van der Waals surface area contributed by atoms with Crippen LogP contribution in [0.2, 0.25) is 0 Å². The van der Waals surface area contributed by atoms with Crippen LogP contribution in [0.15, 0.2) is 18.2 Å². The van der Waals surface area contributed by atoms with Gasteiger partial charge in [-0.15, -0.1) is 0 Å². The molecule has 0 radical (unpaired) electrons. The topological polar surface area (TPSA) is 64.4 Å². The predicted molar refractivity (Wildman–Crippen MR) is 67.4 cm³/mol. The second kappa shape index (κ2) is 5.14. The van der Waals surface area contributed by atoms with E-state index in [4.69, 9.17) is 4.74 Å². The Bertz CT molecular complexity index is 416. The van der Waals surface area contributed by atoms with E-state index in [0.717, 1.165) is 11.3 Å². The van der Waals surface area contributed by atoms with Gasteiger partial charge in [0.2, 0.25) is 0 Å². The van der Waals surface area contributed by atoms with Crippen LogP contribution in [-0.2, 0) is 4.74 Å². The third kappa shape index (κ3) is 4.03. The lowest BCUT2D eigenvalue weighted by Gasteiger charge is -2.26. The van der Waals surface area contributed by atoms with Gasteiger partial charge < -0.3 is 10.1 Å². The van der Waals surface area contributed by atoms with Gasteiger partial charge in [0.1, 0.15) is 0 Å².